The van der Waals surface area contributed by atoms with E-state index >= 15 is 0 Å². The quantitative estimate of drug-likeness (QED) is 0.849. The van der Waals surface area contributed by atoms with Gasteiger partial charge in [-0.05, 0) is 31.1 Å². The molecule has 2 N–H and O–H groups in total. The van der Waals surface area contributed by atoms with E-state index in [0.29, 0.717) is 5.92 Å². The molecule has 0 amide bonds. The average molecular weight is 222 g/mol. The van der Waals surface area contributed by atoms with Crippen molar-refractivity contribution in [2.45, 2.75) is 52.1 Å². The van der Waals surface area contributed by atoms with Crippen LogP contribution >= 0.6 is 0 Å². The normalized spacial score (nSPS) is 27.2. The highest BCUT2D eigenvalue weighted by molar-refractivity contribution is 5.04. The third-order valence-electron chi connectivity index (χ3n) is 3.67. The zero-order valence-corrected chi connectivity index (χ0v) is 10.3. The van der Waals surface area contributed by atoms with Crippen LogP contribution in [0.1, 0.15) is 51.3 Å². The molecule has 0 radical (unpaired) electrons. The lowest BCUT2D eigenvalue weighted by Gasteiger charge is -2.19. The summed E-state index contributed by atoms with van der Waals surface area (Å²) < 4.78 is 1.97. The van der Waals surface area contributed by atoms with Crippen molar-refractivity contribution in [1.29, 1.82) is 0 Å². The van der Waals surface area contributed by atoms with Gasteiger partial charge in [-0.1, -0.05) is 25.5 Å². The highest BCUT2D eigenvalue weighted by Crippen LogP contribution is 2.37. The molecule has 1 saturated carbocycles. The van der Waals surface area contributed by atoms with E-state index < -0.39 is 0 Å². The molecule has 1 heterocycles. The van der Waals surface area contributed by atoms with E-state index in [0.717, 1.165) is 24.6 Å². The van der Waals surface area contributed by atoms with E-state index in [1.165, 1.54) is 19.3 Å². The van der Waals surface area contributed by atoms with Gasteiger partial charge >= 0.3 is 0 Å². The van der Waals surface area contributed by atoms with Crippen molar-refractivity contribution >= 4 is 0 Å². The van der Waals surface area contributed by atoms with E-state index in [1.807, 2.05) is 10.9 Å². The van der Waals surface area contributed by atoms with Crippen molar-refractivity contribution in [3.63, 3.8) is 0 Å². The summed E-state index contributed by atoms with van der Waals surface area (Å²) in [5, 5.41) is 8.09. The Morgan fingerprint density at radius 2 is 2.38 bits per heavy atom. The van der Waals surface area contributed by atoms with Crippen molar-refractivity contribution in [1.82, 2.24) is 15.0 Å². The van der Waals surface area contributed by atoms with Gasteiger partial charge in [0.1, 0.15) is 0 Å². The van der Waals surface area contributed by atoms with Crippen molar-refractivity contribution in [2.24, 2.45) is 17.6 Å². The van der Waals surface area contributed by atoms with Crippen LogP contribution in [0.5, 0.6) is 0 Å². The Morgan fingerprint density at radius 3 is 3.00 bits per heavy atom. The Kier molecular flexibility index (Phi) is 3.59. The van der Waals surface area contributed by atoms with Crippen molar-refractivity contribution in [3.8, 4) is 0 Å². The number of nitrogens with zero attached hydrogens (tertiary/aromatic N) is 3. The molecular formula is C12H22N4. The van der Waals surface area contributed by atoms with Gasteiger partial charge in [0.25, 0.3) is 0 Å². The highest BCUT2D eigenvalue weighted by atomic mass is 15.4. The van der Waals surface area contributed by atoms with Crippen molar-refractivity contribution in [2.75, 3.05) is 0 Å². The fourth-order valence-electron chi connectivity index (χ4n) is 2.73. The van der Waals surface area contributed by atoms with Gasteiger partial charge in [-0.2, -0.15) is 0 Å². The predicted octanol–water partition coefficient (Wildman–Crippen LogP) is 2.12. The second-order valence-electron chi connectivity index (χ2n) is 5.09. The molecule has 0 spiro atoms. The number of nitrogens with two attached hydrogens (primary N) is 1. The lowest BCUT2D eigenvalue weighted by atomic mass is 9.95. The molecule has 0 saturated heterocycles. The summed E-state index contributed by atoms with van der Waals surface area (Å²) in [6, 6.07) is 0.117. The van der Waals surface area contributed by atoms with Gasteiger partial charge in [0, 0.05) is 6.54 Å². The zero-order valence-electron chi connectivity index (χ0n) is 10.3. The SMILES string of the molecule is CCCn1nncc1C(N)C1CCC(C)C1. The zero-order chi connectivity index (χ0) is 11.5. The first-order valence-electron chi connectivity index (χ1n) is 6.36. The van der Waals surface area contributed by atoms with Crippen LogP contribution in [0.3, 0.4) is 0 Å². The lowest BCUT2D eigenvalue weighted by molar-refractivity contribution is 0.399. The molecule has 1 aromatic heterocycles. The molecule has 4 nitrogen and oxygen atoms in total. The molecule has 3 atom stereocenters. The number of aromatic nitrogens is 3. The summed E-state index contributed by atoms with van der Waals surface area (Å²) in [6.07, 6.45) is 6.72. The maximum Gasteiger partial charge on any atom is 0.0757 e. The summed E-state index contributed by atoms with van der Waals surface area (Å²) in [6.45, 7) is 5.38. The number of rotatable bonds is 4. The minimum absolute atomic E-state index is 0.117. The third-order valence-corrected chi connectivity index (χ3v) is 3.67. The molecule has 90 valence electrons. The van der Waals surface area contributed by atoms with Crippen LogP contribution in [0.15, 0.2) is 6.20 Å². The van der Waals surface area contributed by atoms with Gasteiger partial charge in [0.05, 0.1) is 17.9 Å². The van der Waals surface area contributed by atoms with E-state index in [1.54, 1.807) is 0 Å². The summed E-state index contributed by atoms with van der Waals surface area (Å²) in [7, 11) is 0. The molecule has 1 fully saturated rings. The second kappa shape index (κ2) is 4.95. The molecule has 4 heteroatoms. The maximum absolute atomic E-state index is 6.34. The molecule has 1 aliphatic rings. The smallest absolute Gasteiger partial charge is 0.0757 e. The minimum Gasteiger partial charge on any atom is -0.322 e. The van der Waals surface area contributed by atoms with Crippen LogP contribution in [0.25, 0.3) is 0 Å². The minimum atomic E-state index is 0.117. The maximum atomic E-state index is 6.34. The number of hydrogen-bond acceptors (Lipinski definition) is 3. The van der Waals surface area contributed by atoms with Crippen molar-refractivity contribution in [3.05, 3.63) is 11.9 Å². The first kappa shape index (κ1) is 11.6. The van der Waals surface area contributed by atoms with Crippen LogP contribution in [0.2, 0.25) is 0 Å². The fourth-order valence-corrected chi connectivity index (χ4v) is 2.73. The van der Waals surface area contributed by atoms with Crippen LogP contribution < -0.4 is 5.73 Å². The molecule has 2 rings (SSSR count). The van der Waals surface area contributed by atoms with Crippen LogP contribution in [0, 0.1) is 11.8 Å². The van der Waals surface area contributed by atoms with Crippen LogP contribution in [-0.4, -0.2) is 15.0 Å². The van der Waals surface area contributed by atoms with Crippen LogP contribution in [0.4, 0.5) is 0 Å². The molecular weight excluding hydrogens is 200 g/mol. The molecule has 16 heavy (non-hydrogen) atoms. The number of aryl methyl sites for hydroxylation is 1. The lowest BCUT2D eigenvalue weighted by Crippen LogP contribution is -2.23. The molecule has 0 aromatic carbocycles. The Morgan fingerprint density at radius 1 is 1.56 bits per heavy atom. The van der Waals surface area contributed by atoms with E-state index in [2.05, 4.69) is 24.2 Å². The summed E-state index contributed by atoms with van der Waals surface area (Å²) in [5.74, 6) is 1.44. The first-order chi connectivity index (χ1) is 7.72. The Balaban J connectivity index is 2.07. The van der Waals surface area contributed by atoms with Gasteiger partial charge in [-0.15, -0.1) is 5.10 Å². The highest BCUT2D eigenvalue weighted by Gasteiger charge is 2.29. The Hall–Kier alpha value is -0.900. The van der Waals surface area contributed by atoms with Gasteiger partial charge in [0.2, 0.25) is 0 Å². The molecule has 1 aromatic rings. The Bertz CT molecular complexity index is 334. The molecule has 3 unspecified atom stereocenters. The fraction of sp³-hybridized carbons (Fsp3) is 0.833. The van der Waals surface area contributed by atoms with Gasteiger partial charge in [0.15, 0.2) is 0 Å². The standard InChI is InChI=1S/C12H22N4/c1-3-6-16-11(8-14-15-16)12(13)10-5-4-9(2)7-10/h8-10,12H,3-7,13H2,1-2H3. The third kappa shape index (κ3) is 2.26. The Labute approximate surface area is 97.2 Å². The second-order valence-corrected chi connectivity index (χ2v) is 5.09. The van der Waals surface area contributed by atoms with Crippen LogP contribution in [-0.2, 0) is 6.54 Å². The summed E-state index contributed by atoms with van der Waals surface area (Å²) in [4.78, 5) is 0. The summed E-state index contributed by atoms with van der Waals surface area (Å²) >= 11 is 0. The van der Waals surface area contributed by atoms with Crippen molar-refractivity contribution < 1.29 is 0 Å². The largest absolute Gasteiger partial charge is 0.322 e. The molecule has 0 aliphatic heterocycles. The number of hydrogen-bond donors (Lipinski definition) is 1. The van der Waals surface area contributed by atoms with E-state index in [-0.39, 0.29) is 6.04 Å². The monoisotopic (exact) mass is 222 g/mol. The van der Waals surface area contributed by atoms with Gasteiger partial charge in [-0.3, -0.25) is 0 Å². The van der Waals surface area contributed by atoms with E-state index in [4.69, 9.17) is 5.73 Å². The molecule has 0 bridgehead atoms. The first-order valence-corrected chi connectivity index (χ1v) is 6.36. The van der Waals surface area contributed by atoms with E-state index in [9.17, 15) is 0 Å². The molecule has 1 aliphatic carbocycles. The summed E-state index contributed by atoms with van der Waals surface area (Å²) in [5.41, 5.74) is 7.45. The average Bonchev–Trinajstić information content (AvgIpc) is 2.87. The van der Waals surface area contributed by atoms with Gasteiger partial charge < -0.3 is 5.73 Å². The predicted molar refractivity (Wildman–Crippen MR) is 63.7 cm³/mol. The van der Waals surface area contributed by atoms with Gasteiger partial charge in [-0.25, -0.2) is 4.68 Å². The topological polar surface area (TPSA) is 56.7 Å².